The lowest BCUT2D eigenvalue weighted by molar-refractivity contribution is -0.137. The van der Waals surface area contributed by atoms with Crippen LogP contribution in [0.2, 0.25) is 0 Å². The van der Waals surface area contributed by atoms with Gasteiger partial charge in [0.1, 0.15) is 11.5 Å². The van der Waals surface area contributed by atoms with Crippen molar-refractivity contribution < 1.29 is 24.9 Å². The number of aliphatic carboxylic acids is 1. The Morgan fingerprint density at radius 3 is 1.50 bits per heavy atom. The molecule has 0 saturated carbocycles. The molecule has 0 aliphatic carbocycles. The Bertz CT molecular complexity index is 1030. The minimum Gasteiger partial charge on any atom is -0.507 e. The zero-order chi connectivity index (χ0) is 27.3. The predicted molar refractivity (Wildman–Crippen MR) is 147 cm³/mol. The summed E-state index contributed by atoms with van der Waals surface area (Å²) in [5, 5.41) is 43.9. The molecule has 0 radical (unpaired) electrons. The average molecular weight is 527 g/mol. The topological polar surface area (TPSA) is 143 Å². The highest BCUT2D eigenvalue weighted by atomic mass is 16.4. The fraction of sp³-hybridized carbons (Fsp3) is 0.517. The van der Waals surface area contributed by atoms with Crippen LogP contribution in [0.1, 0.15) is 76.7 Å². The van der Waals surface area contributed by atoms with Crippen LogP contribution in [0, 0.1) is 6.92 Å². The zero-order valence-corrected chi connectivity index (χ0v) is 22.4. The number of nitrogens with one attached hydrogen (secondary N) is 4. The molecule has 2 aromatic rings. The lowest BCUT2D eigenvalue weighted by Gasteiger charge is -2.16. The number of ketones is 1. The van der Waals surface area contributed by atoms with Crippen molar-refractivity contribution in [2.45, 2.75) is 71.6 Å². The van der Waals surface area contributed by atoms with E-state index >= 15 is 0 Å². The van der Waals surface area contributed by atoms with Crippen LogP contribution in [-0.4, -0.2) is 53.3 Å². The number of phenolic OH excluding ortho intramolecular Hbond substituents is 2. The Morgan fingerprint density at radius 1 is 0.684 bits per heavy atom. The smallest absolute Gasteiger partial charge is 0.303 e. The number of rotatable bonds is 6. The Hall–Kier alpha value is -2.98. The molecule has 0 fully saturated rings. The fourth-order valence-corrected chi connectivity index (χ4v) is 4.67. The summed E-state index contributed by atoms with van der Waals surface area (Å²) >= 11 is 0. The lowest BCUT2D eigenvalue weighted by atomic mass is 9.98. The Labute approximate surface area is 225 Å². The van der Waals surface area contributed by atoms with Crippen molar-refractivity contribution in [3.63, 3.8) is 0 Å². The average Bonchev–Trinajstić information content (AvgIpc) is 2.88. The summed E-state index contributed by atoms with van der Waals surface area (Å²) in [5.74, 6) is -0.346. The normalized spacial score (nSPS) is 16.0. The molecule has 0 atom stereocenters. The van der Waals surface area contributed by atoms with Gasteiger partial charge in [-0.1, -0.05) is 17.7 Å². The van der Waals surface area contributed by atoms with E-state index in [1.165, 1.54) is 0 Å². The molecule has 4 bridgehead atoms. The van der Waals surface area contributed by atoms with Crippen molar-refractivity contribution in [1.82, 2.24) is 21.3 Å². The Kier molecular flexibility index (Phi) is 12.0. The van der Waals surface area contributed by atoms with E-state index in [4.69, 9.17) is 5.11 Å². The van der Waals surface area contributed by atoms with Gasteiger partial charge in [-0.25, -0.2) is 0 Å². The molecule has 0 spiro atoms. The van der Waals surface area contributed by atoms with Gasteiger partial charge in [-0.05, 0) is 70.9 Å². The number of carboxylic acids is 1. The van der Waals surface area contributed by atoms with Gasteiger partial charge in [0.25, 0.3) is 0 Å². The highest BCUT2D eigenvalue weighted by Gasteiger charge is 2.15. The van der Waals surface area contributed by atoms with Gasteiger partial charge in [0.05, 0.1) is 0 Å². The third-order valence-corrected chi connectivity index (χ3v) is 6.72. The van der Waals surface area contributed by atoms with Crippen molar-refractivity contribution >= 4 is 11.8 Å². The fourth-order valence-electron chi connectivity index (χ4n) is 4.67. The van der Waals surface area contributed by atoms with Crippen LogP contribution in [0.25, 0.3) is 0 Å². The van der Waals surface area contributed by atoms with Crippen molar-refractivity contribution in [3.8, 4) is 11.5 Å². The number of phenols is 2. The maximum atomic E-state index is 12.8. The molecule has 208 valence electrons. The zero-order valence-electron chi connectivity index (χ0n) is 22.4. The number of aromatic hydroxyl groups is 2. The molecule has 2 aromatic carbocycles. The summed E-state index contributed by atoms with van der Waals surface area (Å²) in [4.78, 5) is 23.6. The number of fused-ring (bicyclic) bond motifs is 4. The maximum absolute atomic E-state index is 12.8. The summed E-state index contributed by atoms with van der Waals surface area (Å²) in [6.45, 7) is 7.08. The molecule has 9 heteroatoms. The summed E-state index contributed by atoms with van der Waals surface area (Å²) in [6.07, 6.45) is 3.05. The third kappa shape index (κ3) is 9.40. The predicted octanol–water partition coefficient (Wildman–Crippen LogP) is 3.09. The third-order valence-electron chi connectivity index (χ3n) is 6.72. The van der Waals surface area contributed by atoms with E-state index in [1.54, 1.807) is 12.1 Å². The summed E-state index contributed by atoms with van der Waals surface area (Å²) < 4.78 is 0. The van der Waals surface area contributed by atoms with E-state index in [2.05, 4.69) is 21.3 Å². The summed E-state index contributed by atoms with van der Waals surface area (Å²) in [7, 11) is 0. The van der Waals surface area contributed by atoms with Crippen LogP contribution in [0.3, 0.4) is 0 Å². The number of aryl methyl sites for hydroxylation is 1. The molecule has 1 heterocycles. The van der Waals surface area contributed by atoms with E-state index in [0.29, 0.717) is 61.5 Å². The lowest BCUT2D eigenvalue weighted by Crippen LogP contribution is -2.24. The summed E-state index contributed by atoms with van der Waals surface area (Å²) in [6, 6.07) is 7.52. The quantitative estimate of drug-likeness (QED) is 0.223. The molecule has 1 aliphatic rings. The first kappa shape index (κ1) is 29.6. The van der Waals surface area contributed by atoms with Gasteiger partial charge in [-0.3, -0.25) is 9.59 Å². The number of Topliss-reactive ketones (excluding diaryl/α,β-unsaturated/α-hetero) is 1. The molecule has 7 N–H and O–H groups in total. The summed E-state index contributed by atoms with van der Waals surface area (Å²) in [5.41, 5.74) is 4.83. The number of hydrogen-bond acceptors (Lipinski definition) is 8. The highest BCUT2D eigenvalue weighted by Crippen LogP contribution is 2.27. The van der Waals surface area contributed by atoms with E-state index < -0.39 is 5.97 Å². The molecular weight excluding hydrogens is 484 g/mol. The minimum atomic E-state index is -0.853. The number of unbranched alkanes of at least 4 members (excludes halogenated alkanes) is 1. The highest BCUT2D eigenvalue weighted by molar-refractivity contribution is 5.96. The van der Waals surface area contributed by atoms with Crippen LogP contribution in [-0.2, 0) is 31.0 Å². The number of benzene rings is 2. The van der Waals surface area contributed by atoms with E-state index in [9.17, 15) is 19.8 Å². The van der Waals surface area contributed by atoms with Crippen molar-refractivity contribution in [2.75, 3.05) is 26.2 Å². The van der Waals surface area contributed by atoms with E-state index in [0.717, 1.165) is 55.7 Å². The van der Waals surface area contributed by atoms with Gasteiger partial charge in [0.2, 0.25) is 0 Å². The number of carboxylic acid groups (broad SMARTS) is 1. The molecule has 38 heavy (non-hydrogen) atoms. The van der Waals surface area contributed by atoms with Crippen LogP contribution < -0.4 is 21.3 Å². The largest absolute Gasteiger partial charge is 0.507 e. The second-order valence-electron chi connectivity index (χ2n) is 10.0. The Balaban J connectivity index is 1.66. The van der Waals surface area contributed by atoms with Gasteiger partial charge >= 0.3 is 5.97 Å². The van der Waals surface area contributed by atoms with Gasteiger partial charge in [0.15, 0.2) is 5.78 Å². The first-order valence-electron chi connectivity index (χ1n) is 13.6. The second-order valence-corrected chi connectivity index (χ2v) is 10.0. The van der Waals surface area contributed by atoms with E-state index in [1.807, 2.05) is 19.1 Å². The van der Waals surface area contributed by atoms with Gasteiger partial charge < -0.3 is 36.6 Å². The van der Waals surface area contributed by atoms with Crippen LogP contribution >= 0.6 is 0 Å². The molecular formula is C29H42N4O5. The molecule has 3 rings (SSSR count). The maximum Gasteiger partial charge on any atom is 0.303 e. The molecule has 0 saturated heterocycles. The van der Waals surface area contributed by atoms with Gasteiger partial charge in [-0.15, -0.1) is 0 Å². The van der Waals surface area contributed by atoms with E-state index in [-0.39, 0.29) is 24.4 Å². The van der Waals surface area contributed by atoms with Gasteiger partial charge in [0, 0.05) is 66.8 Å². The standard InChI is InChI=1S/C29H42N4O5/c1-20-12-22-16-30-8-4-10-32-18-24-14-21(26(34)6-2-3-7-27(35)36)15-25(29(24)38)19-33-11-5-9-31-17-23(13-20)28(22)37/h12-15,30-33,37-38H,2-11,16-19H2,1H3,(H,35,36). The van der Waals surface area contributed by atoms with Crippen molar-refractivity contribution in [3.05, 3.63) is 57.6 Å². The monoisotopic (exact) mass is 526 g/mol. The minimum absolute atomic E-state index is 0.0394. The number of hydrogen-bond donors (Lipinski definition) is 7. The first-order chi connectivity index (χ1) is 18.3. The molecule has 0 unspecified atom stereocenters. The Morgan fingerprint density at radius 2 is 1.08 bits per heavy atom. The van der Waals surface area contributed by atoms with Crippen molar-refractivity contribution in [2.24, 2.45) is 0 Å². The molecule has 0 amide bonds. The van der Waals surface area contributed by atoms with Crippen LogP contribution in [0.15, 0.2) is 24.3 Å². The number of carbonyl (C=O) groups excluding carboxylic acids is 1. The second kappa shape index (κ2) is 15.4. The van der Waals surface area contributed by atoms with Gasteiger partial charge in [-0.2, -0.15) is 0 Å². The van der Waals surface area contributed by atoms with Crippen molar-refractivity contribution in [1.29, 1.82) is 0 Å². The molecule has 9 nitrogen and oxygen atoms in total. The van der Waals surface area contributed by atoms with Crippen LogP contribution in [0.5, 0.6) is 11.5 Å². The molecule has 1 aliphatic heterocycles. The van der Waals surface area contributed by atoms with Crippen LogP contribution in [0.4, 0.5) is 0 Å². The SMILES string of the molecule is Cc1cc2c(O)c(c1)CNCCCNCc1cc(C(=O)CCCCC(=O)O)cc(c1O)CNCCCNC2. The first-order valence-corrected chi connectivity index (χ1v) is 13.6. The molecule has 0 aromatic heterocycles. The number of carbonyl (C=O) groups is 2.